The van der Waals surface area contributed by atoms with E-state index in [1.807, 2.05) is 24.3 Å². The fraction of sp³-hybridized carbons (Fsp3) is 0.500. The van der Waals surface area contributed by atoms with Crippen LogP contribution in [0, 0.1) is 5.41 Å². The van der Waals surface area contributed by atoms with Gasteiger partial charge in [-0.25, -0.2) is 0 Å². The molecule has 4 heteroatoms. The number of carbonyl (C=O) groups is 1. The van der Waals surface area contributed by atoms with Gasteiger partial charge in [-0.2, -0.15) is 0 Å². The molecular formula is C14H19BrN2O. The van der Waals surface area contributed by atoms with Crippen molar-refractivity contribution in [2.45, 2.75) is 26.2 Å². The minimum absolute atomic E-state index is 0.0139. The lowest BCUT2D eigenvalue weighted by molar-refractivity contribution is -0.115. The highest BCUT2D eigenvalue weighted by atomic mass is 79.9. The molecule has 98 valence electrons. The molecule has 1 aliphatic carbocycles. The molecule has 0 aliphatic heterocycles. The number of hydrogen-bond donors (Lipinski definition) is 2. The van der Waals surface area contributed by atoms with E-state index in [-0.39, 0.29) is 5.91 Å². The van der Waals surface area contributed by atoms with Crippen LogP contribution in [0.2, 0.25) is 0 Å². The minimum Gasteiger partial charge on any atom is -0.325 e. The first kappa shape index (κ1) is 13.6. The van der Waals surface area contributed by atoms with Crippen molar-refractivity contribution in [2.24, 2.45) is 5.41 Å². The van der Waals surface area contributed by atoms with Crippen LogP contribution in [-0.2, 0) is 4.79 Å². The predicted octanol–water partition coefficient (Wildman–Crippen LogP) is 3.17. The topological polar surface area (TPSA) is 41.1 Å². The summed E-state index contributed by atoms with van der Waals surface area (Å²) in [6.07, 6.45) is 3.79. The van der Waals surface area contributed by atoms with Gasteiger partial charge in [-0.05, 0) is 42.9 Å². The van der Waals surface area contributed by atoms with Crippen LogP contribution in [0.25, 0.3) is 0 Å². The van der Waals surface area contributed by atoms with Gasteiger partial charge < -0.3 is 10.6 Å². The summed E-state index contributed by atoms with van der Waals surface area (Å²) >= 11 is 3.38. The van der Waals surface area contributed by atoms with Crippen LogP contribution in [0.5, 0.6) is 0 Å². The molecule has 0 heterocycles. The van der Waals surface area contributed by atoms with Crippen molar-refractivity contribution in [2.75, 3.05) is 18.4 Å². The molecule has 0 bridgehead atoms. The van der Waals surface area contributed by atoms with Crippen molar-refractivity contribution in [1.29, 1.82) is 0 Å². The van der Waals surface area contributed by atoms with Crippen LogP contribution in [0.15, 0.2) is 28.7 Å². The van der Waals surface area contributed by atoms with Crippen molar-refractivity contribution in [3.05, 3.63) is 28.7 Å². The number of amides is 1. The summed E-state index contributed by atoms with van der Waals surface area (Å²) < 4.78 is 0.969. The molecule has 0 spiro atoms. The summed E-state index contributed by atoms with van der Waals surface area (Å²) in [6, 6.07) is 7.62. The molecule has 1 amide bonds. The molecule has 2 rings (SSSR count). The smallest absolute Gasteiger partial charge is 0.238 e. The third-order valence-corrected chi connectivity index (χ3v) is 4.09. The Morgan fingerprint density at radius 3 is 2.83 bits per heavy atom. The van der Waals surface area contributed by atoms with Crippen molar-refractivity contribution >= 4 is 27.5 Å². The fourth-order valence-corrected chi connectivity index (χ4v) is 2.44. The van der Waals surface area contributed by atoms with E-state index < -0.39 is 0 Å². The first-order valence-electron chi connectivity index (χ1n) is 6.40. The number of anilines is 1. The maximum absolute atomic E-state index is 11.7. The molecule has 1 aromatic carbocycles. The van der Waals surface area contributed by atoms with E-state index >= 15 is 0 Å². The van der Waals surface area contributed by atoms with Gasteiger partial charge in [-0.15, -0.1) is 0 Å². The Morgan fingerprint density at radius 1 is 1.44 bits per heavy atom. The highest BCUT2D eigenvalue weighted by Gasteiger charge is 2.39. The maximum Gasteiger partial charge on any atom is 0.238 e. The molecule has 0 saturated heterocycles. The zero-order chi connectivity index (χ0) is 13.0. The third kappa shape index (κ3) is 3.82. The second-order valence-corrected chi connectivity index (χ2v) is 5.93. The van der Waals surface area contributed by atoms with Gasteiger partial charge in [0.05, 0.1) is 6.54 Å². The Labute approximate surface area is 116 Å². The summed E-state index contributed by atoms with van der Waals surface area (Å²) in [5.41, 5.74) is 1.31. The Bertz CT molecular complexity index is 430. The second kappa shape index (κ2) is 5.85. The van der Waals surface area contributed by atoms with E-state index in [1.165, 1.54) is 19.3 Å². The molecule has 3 nitrogen and oxygen atoms in total. The summed E-state index contributed by atoms with van der Waals surface area (Å²) in [6.45, 7) is 3.56. The van der Waals surface area contributed by atoms with E-state index in [1.54, 1.807) is 0 Å². The lowest BCUT2D eigenvalue weighted by Gasteiger charge is -2.13. The first-order valence-corrected chi connectivity index (χ1v) is 7.19. The lowest BCUT2D eigenvalue weighted by atomic mass is 10.0. The summed E-state index contributed by atoms with van der Waals surface area (Å²) in [4.78, 5) is 11.7. The van der Waals surface area contributed by atoms with Crippen LogP contribution in [0.3, 0.4) is 0 Å². The van der Waals surface area contributed by atoms with Gasteiger partial charge in [0.15, 0.2) is 0 Å². The molecule has 0 aromatic heterocycles. The zero-order valence-electron chi connectivity index (χ0n) is 10.6. The normalized spacial score (nSPS) is 16.3. The van der Waals surface area contributed by atoms with Crippen molar-refractivity contribution in [1.82, 2.24) is 5.32 Å². The van der Waals surface area contributed by atoms with E-state index in [0.29, 0.717) is 12.0 Å². The molecule has 0 atom stereocenters. The first-order chi connectivity index (χ1) is 8.63. The maximum atomic E-state index is 11.7. The van der Waals surface area contributed by atoms with Crippen LogP contribution in [0.1, 0.15) is 26.2 Å². The SMILES string of the molecule is CCC1(CNCC(=O)Nc2cccc(Br)c2)CC1. The average Bonchev–Trinajstić information content (AvgIpc) is 3.10. The molecule has 18 heavy (non-hydrogen) atoms. The van der Waals surface area contributed by atoms with Gasteiger partial charge in [0.2, 0.25) is 5.91 Å². The monoisotopic (exact) mass is 310 g/mol. The molecule has 1 saturated carbocycles. The number of hydrogen-bond acceptors (Lipinski definition) is 2. The fourth-order valence-electron chi connectivity index (χ4n) is 2.04. The standard InChI is InChI=1S/C14H19BrN2O/c1-2-14(6-7-14)10-16-9-13(18)17-12-5-3-4-11(15)8-12/h3-5,8,16H,2,6-7,9-10H2,1H3,(H,17,18). The van der Waals surface area contributed by atoms with Crippen molar-refractivity contribution in [3.8, 4) is 0 Å². The third-order valence-electron chi connectivity index (χ3n) is 3.60. The zero-order valence-corrected chi connectivity index (χ0v) is 12.2. The number of nitrogens with one attached hydrogen (secondary N) is 2. The largest absolute Gasteiger partial charge is 0.325 e. The number of halogens is 1. The minimum atomic E-state index is 0.0139. The van der Waals surface area contributed by atoms with Crippen molar-refractivity contribution in [3.63, 3.8) is 0 Å². The van der Waals surface area contributed by atoms with E-state index in [4.69, 9.17) is 0 Å². The Morgan fingerprint density at radius 2 is 2.22 bits per heavy atom. The van der Waals surface area contributed by atoms with Crippen LogP contribution < -0.4 is 10.6 Å². The molecule has 1 aliphatic rings. The van der Waals surface area contributed by atoms with Gasteiger partial charge in [0.25, 0.3) is 0 Å². The van der Waals surface area contributed by atoms with E-state index in [2.05, 4.69) is 33.5 Å². The second-order valence-electron chi connectivity index (χ2n) is 5.02. The van der Waals surface area contributed by atoms with Gasteiger partial charge in [-0.1, -0.05) is 28.9 Å². The van der Waals surface area contributed by atoms with E-state index in [0.717, 1.165) is 16.7 Å². The molecule has 2 N–H and O–H groups in total. The predicted molar refractivity (Wildman–Crippen MR) is 77.6 cm³/mol. The van der Waals surface area contributed by atoms with Crippen molar-refractivity contribution < 1.29 is 4.79 Å². The molecule has 0 radical (unpaired) electrons. The van der Waals surface area contributed by atoms with Gasteiger partial charge in [-0.3, -0.25) is 4.79 Å². The molecular weight excluding hydrogens is 292 g/mol. The molecule has 1 fully saturated rings. The highest BCUT2D eigenvalue weighted by Crippen LogP contribution is 2.47. The average molecular weight is 311 g/mol. The number of benzene rings is 1. The van der Waals surface area contributed by atoms with Crippen LogP contribution >= 0.6 is 15.9 Å². The van der Waals surface area contributed by atoms with E-state index in [9.17, 15) is 4.79 Å². The lowest BCUT2D eigenvalue weighted by Crippen LogP contribution is -2.32. The van der Waals surface area contributed by atoms with Gasteiger partial charge in [0.1, 0.15) is 0 Å². The van der Waals surface area contributed by atoms with Gasteiger partial charge >= 0.3 is 0 Å². The quantitative estimate of drug-likeness (QED) is 0.847. The van der Waals surface area contributed by atoms with Crippen LogP contribution in [0.4, 0.5) is 5.69 Å². The Hall–Kier alpha value is -0.870. The number of carbonyl (C=O) groups excluding carboxylic acids is 1. The Balaban J connectivity index is 1.72. The molecule has 1 aromatic rings. The van der Waals surface area contributed by atoms with Gasteiger partial charge in [0, 0.05) is 16.7 Å². The summed E-state index contributed by atoms with van der Waals surface area (Å²) in [5, 5.41) is 6.13. The Kier molecular flexibility index (Phi) is 4.40. The molecule has 0 unspecified atom stereocenters. The summed E-state index contributed by atoms with van der Waals surface area (Å²) in [5.74, 6) is 0.0139. The van der Waals surface area contributed by atoms with Crippen LogP contribution in [-0.4, -0.2) is 19.0 Å². The highest BCUT2D eigenvalue weighted by molar-refractivity contribution is 9.10. The summed E-state index contributed by atoms with van der Waals surface area (Å²) in [7, 11) is 0. The number of rotatable bonds is 6.